The van der Waals surface area contributed by atoms with E-state index in [9.17, 15) is 4.79 Å². The van der Waals surface area contributed by atoms with Crippen molar-refractivity contribution in [2.45, 2.75) is 58.8 Å². The minimum atomic E-state index is 0.356. The summed E-state index contributed by atoms with van der Waals surface area (Å²) in [5.74, 6) is 2.81. The highest BCUT2D eigenvalue weighted by Gasteiger charge is 2.54. The Kier molecular flexibility index (Phi) is 2.63. The number of fused-ring (bicyclic) bond motifs is 5. The van der Waals surface area contributed by atoms with E-state index in [1.807, 2.05) is 0 Å². The zero-order valence-electron chi connectivity index (χ0n) is 12.8. The molecule has 0 N–H and O–H groups in total. The molecule has 4 rings (SSSR count). The smallest absolute Gasteiger partial charge is 0.133 e. The van der Waals surface area contributed by atoms with Gasteiger partial charge in [0, 0.05) is 18.3 Å². The number of allylic oxidation sites excluding steroid dienone is 4. The predicted molar refractivity (Wildman–Crippen MR) is 81.2 cm³/mol. The largest absolute Gasteiger partial charge is 0.300 e. The number of carbonyl (C=O) groups is 1. The van der Waals surface area contributed by atoms with Crippen LogP contribution in [0.4, 0.5) is 0 Å². The molecule has 108 valence electrons. The molecule has 3 saturated carbocycles. The number of carbonyl (C=O) groups excluding carboxylic acids is 1. The fourth-order valence-corrected chi connectivity index (χ4v) is 5.97. The Morgan fingerprint density at radius 3 is 2.85 bits per heavy atom. The Morgan fingerprint density at radius 1 is 1.15 bits per heavy atom. The SMILES string of the molecule is CC12C=CC=C1C1CCC3CC(=O)CCC3(C)C1CC2. The van der Waals surface area contributed by atoms with Crippen molar-refractivity contribution in [3.8, 4) is 0 Å². The summed E-state index contributed by atoms with van der Waals surface area (Å²) in [6.07, 6.45) is 15.3. The lowest BCUT2D eigenvalue weighted by molar-refractivity contribution is -0.130. The average molecular weight is 270 g/mol. The highest BCUT2D eigenvalue weighted by molar-refractivity contribution is 5.79. The van der Waals surface area contributed by atoms with Crippen molar-refractivity contribution in [3.05, 3.63) is 23.8 Å². The summed E-state index contributed by atoms with van der Waals surface area (Å²) in [6.45, 7) is 4.93. The Balaban J connectivity index is 1.68. The molecule has 0 amide bonds. The molecule has 4 aliphatic rings. The minimum absolute atomic E-state index is 0.356. The predicted octanol–water partition coefficient (Wildman–Crippen LogP) is 4.68. The fraction of sp³-hybridized carbons (Fsp3) is 0.737. The third-order valence-corrected chi connectivity index (χ3v) is 7.28. The summed E-state index contributed by atoms with van der Waals surface area (Å²) in [7, 11) is 0. The van der Waals surface area contributed by atoms with Crippen molar-refractivity contribution >= 4 is 5.78 Å². The van der Waals surface area contributed by atoms with Gasteiger partial charge in [-0.3, -0.25) is 4.79 Å². The maximum absolute atomic E-state index is 11.8. The van der Waals surface area contributed by atoms with Crippen molar-refractivity contribution in [1.29, 1.82) is 0 Å². The molecule has 5 unspecified atom stereocenters. The van der Waals surface area contributed by atoms with Crippen molar-refractivity contribution in [2.75, 3.05) is 0 Å². The summed E-state index contributed by atoms with van der Waals surface area (Å²) < 4.78 is 0. The molecule has 0 aromatic heterocycles. The van der Waals surface area contributed by atoms with E-state index in [4.69, 9.17) is 0 Å². The van der Waals surface area contributed by atoms with Crippen molar-refractivity contribution in [3.63, 3.8) is 0 Å². The average Bonchev–Trinajstić information content (AvgIpc) is 2.81. The topological polar surface area (TPSA) is 17.1 Å². The van der Waals surface area contributed by atoms with E-state index in [0.29, 0.717) is 22.5 Å². The standard InChI is InChI=1S/C19H26O/c1-18-9-3-4-16(18)15-6-5-13-12-14(20)7-11-19(13,2)17(15)8-10-18/h3-4,9,13,15,17H,5-8,10-12H2,1-2H3. The van der Waals surface area contributed by atoms with E-state index >= 15 is 0 Å². The fourth-order valence-electron chi connectivity index (χ4n) is 5.97. The van der Waals surface area contributed by atoms with Gasteiger partial charge in [-0.2, -0.15) is 0 Å². The molecule has 0 aromatic rings. The quantitative estimate of drug-likeness (QED) is 0.624. The summed E-state index contributed by atoms with van der Waals surface area (Å²) >= 11 is 0. The molecular formula is C19H26O. The monoisotopic (exact) mass is 270 g/mol. The number of hydrogen-bond donors (Lipinski definition) is 0. The summed E-state index contributed by atoms with van der Waals surface area (Å²) in [6, 6.07) is 0. The maximum Gasteiger partial charge on any atom is 0.133 e. The van der Waals surface area contributed by atoms with Gasteiger partial charge in [-0.25, -0.2) is 0 Å². The van der Waals surface area contributed by atoms with Crippen LogP contribution in [0.3, 0.4) is 0 Å². The van der Waals surface area contributed by atoms with Gasteiger partial charge in [0.1, 0.15) is 5.78 Å². The second kappa shape index (κ2) is 4.08. The zero-order valence-corrected chi connectivity index (χ0v) is 12.8. The third kappa shape index (κ3) is 1.58. The number of hydrogen-bond acceptors (Lipinski definition) is 1. The molecule has 0 saturated heterocycles. The van der Waals surface area contributed by atoms with Crippen molar-refractivity contribution in [1.82, 2.24) is 0 Å². The van der Waals surface area contributed by atoms with Gasteiger partial charge in [0.05, 0.1) is 0 Å². The Labute approximate surface area is 122 Å². The molecule has 0 spiro atoms. The first-order valence-electron chi connectivity index (χ1n) is 8.44. The van der Waals surface area contributed by atoms with Gasteiger partial charge in [0.15, 0.2) is 0 Å². The lowest BCUT2D eigenvalue weighted by atomic mass is 9.46. The summed E-state index contributed by atoms with van der Waals surface area (Å²) in [5.41, 5.74) is 2.50. The second-order valence-corrected chi connectivity index (χ2v) is 8.17. The van der Waals surface area contributed by atoms with Gasteiger partial charge >= 0.3 is 0 Å². The lowest BCUT2D eigenvalue weighted by Crippen LogP contribution is -2.50. The first-order valence-corrected chi connectivity index (χ1v) is 8.44. The van der Waals surface area contributed by atoms with Crippen LogP contribution in [0.5, 0.6) is 0 Å². The summed E-state index contributed by atoms with van der Waals surface area (Å²) in [5, 5.41) is 0. The van der Waals surface area contributed by atoms with E-state index < -0.39 is 0 Å². The van der Waals surface area contributed by atoms with Gasteiger partial charge in [-0.15, -0.1) is 0 Å². The molecule has 20 heavy (non-hydrogen) atoms. The number of Topliss-reactive ketones (excluding diaryl/α,β-unsaturated/α-hetero) is 1. The van der Waals surface area contributed by atoms with E-state index in [2.05, 4.69) is 32.1 Å². The van der Waals surface area contributed by atoms with Gasteiger partial charge < -0.3 is 0 Å². The van der Waals surface area contributed by atoms with Crippen LogP contribution in [-0.2, 0) is 4.79 Å². The third-order valence-electron chi connectivity index (χ3n) is 7.28. The molecule has 0 bridgehead atoms. The molecule has 3 fully saturated rings. The van der Waals surface area contributed by atoms with Crippen LogP contribution in [0.1, 0.15) is 58.8 Å². The van der Waals surface area contributed by atoms with Crippen LogP contribution in [0, 0.1) is 28.6 Å². The molecule has 0 aliphatic heterocycles. The van der Waals surface area contributed by atoms with Crippen molar-refractivity contribution < 1.29 is 4.79 Å². The molecular weight excluding hydrogens is 244 g/mol. The zero-order chi connectivity index (χ0) is 14.0. The first-order chi connectivity index (χ1) is 9.53. The van der Waals surface area contributed by atoms with Crippen LogP contribution in [0.2, 0.25) is 0 Å². The van der Waals surface area contributed by atoms with Crippen LogP contribution in [-0.4, -0.2) is 5.78 Å². The van der Waals surface area contributed by atoms with E-state index in [1.54, 1.807) is 5.57 Å². The summed E-state index contributed by atoms with van der Waals surface area (Å²) in [4.78, 5) is 11.8. The number of ketones is 1. The molecule has 1 nitrogen and oxygen atoms in total. The van der Waals surface area contributed by atoms with E-state index in [1.165, 1.54) is 25.7 Å². The highest BCUT2D eigenvalue weighted by Crippen LogP contribution is 2.63. The molecule has 1 heteroatoms. The first kappa shape index (κ1) is 12.9. The van der Waals surface area contributed by atoms with Crippen LogP contribution < -0.4 is 0 Å². The molecule has 0 radical (unpaired) electrons. The molecule has 0 aromatic carbocycles. The molecule has 0 heterocycles. The van der Waals surface area contributed by atoms with Crippen molar-refractivity contribution in [2.24, 2.45) is 28.6 Å². The minimum Gasteiger partial charge on any atom is -0.300 e. The van der Waals surface area contributed by atoms with Gasteiger partial charge in [0.25, 0.3) is 0 Å². The molecule has 5 atom stereocenters. The van der Waals surface area contributed by atoms with E-state index in [-0.39, 0.29) is 0 Å². The van der Waals surface area contributed by atoms with Gasteiger partial charge in [-0.1, -0.05) is 37.6 Å². The molecule has 4 aliphatic carbocycles. The van der Waals surface area contributed by atoms with E-state index in [0.717, 1.165) is 31.1 Å². The van der Waals surface area contributed by atoms with Crippen LogP contribution in [0.15, 0.2) is 23.8 Å². The highest BCUT2D eigenvalue weighted by atomic mass is 16.1. The normalized spacial score (nSPS) is 50.2. The van der Waals surface area contributed by atoms with Gasteiger partial charge in [-0.05, 0) is 55.3 Å². The second-order valence-electron chi connectivity index (χ2n) is 8.17. The Bertz CT molecular complexity index is 514. The maximum atomic E-state index is 11.8. The van der Waals surface area contributed by atoms with Crippen LogP contribution >= 0.6 is 0 Å². The number of rotatable bonds is 0. The Hall–Kier alpha value is -0.850. The van der Waals surface area contributed by atoms with Gasteiger partial charge in [0.2, 0.25) is 0 Å². The Morgan fingerprint density at radius 2 is 2.00 bits per heavy atom. The van der Waals surface area contributed by atoms with Crippen LogP contribution in [0.25, 0.3) is 0 Å². The lowest BCUT2D eigenvalue weighted by Gasteiger charge is -2.58.